The molecule has 4 N–H and O–H groups in total. The lowest BCUT2D eigenvalue weighted by Crippen LogP contribution is -2.14. The standard InChI is InChI=1S/C7H13N5O2/c1-4(2)9-7-10-6(8)12(11-7)3-5(13)14/h4H,3H2,1-2H3,(H,13,14)(H3,8,9,10,11). The van der Waals surface area contributed by atoms with Crippen molar-refractivity contribution in [2.24, 2.45) is 0 Å². The summed E-state index contributed by atoms with van der Waals surface area (Å²) in [5.74, 6) is -0.563. The zero-order valence-corrected chi connectivity index (χ0v) is 8.06. The Kier molecular flexibility index (Phi) is 2.90. The van der Waals surface area contributed by atoms with Crippen LogP contribution in [0.3, 0.4) is 0 Å². The van der Waals surface area contributed by atoms with Gasteiger partial charge in [0.2, 0.25) is 11.9 Å². The Morgan fingerprint density at radius 3 is 2.86 bits per heavy atom. The summed E-state index contributed by atoms with van der Waals surface area (Å²) in [6.07, 6.45) is 0. The number of nitrogen functional groups attached to an aromatic ring is 1. The Balaban J connectivity index is 2.76. The van der Waals surface area contributed by atoms with Crippen molar-refractivity contribution in [2.45, 2.75) is 26.4 Å². The fourth-order valence-electron chi connectivity index (χ4n) is 0.918. The quantitative estimate of drug-likeness (QED) is 0.618. The summed E-state index contributed by atoms with van der Waals surface area (Å²) in [7, 11) is 0. The molecular formula is C7H13N5O2. The average Bonchev–Trinajstić information content (AvgIpc) is 2.28. The number of carboxylic acids is 1. The van der Waals surface area contributed by atoms with Crippen LogP contribution in [0.15, 0.2) is 0 Å². The largest absolute Gasteiger partial charge is 0.480 e. The summed E-state index contributed by atoms with van der Waals surface area (Å²) in [5, 5.41) is 15.3. The van der Waals surface area contributed by atoms with Gasteiger partial charge in [0.1, 0.15) is 6.54 Å². The van der Waals surface area contributed by atoms with Crippen LogP contribution >= 0.6 is 0 Å². The molecule has 0 amide bonds. The molecule has 7 nitrogen and oxygen atoms in total. The Hall–Kier alpha value is -1.79. The minimum absolute atomic E-state index is 0.0931. The van der Waals surface area contributed by atoms with Gasteiger partial charge in [0, 0.05) is 6.04 Å². The smallest absolute Gasteiger partial charge is 0.325 e. The third-order valence-electron chi connectivity index (χ3n) is 1.40. The van der Waals surface area contributed by atoms with Crippen LogP contribution in [0, 0.1) is 0 Å². The van der Waals surface area contributed by atoms with Crippen LogP contribution in [0.4, 0.5) is 11.9 Å². The molecule has 78 valence electrons. The number of nitrogens with two attached hydrogens (primary N) is 1. The highest BCUT2D eigenvalue weighted by Crippen LogP contribution is 2.05. The maximum atomic E-state index is 10.4. The maximum absolute atomic E-state index is 10.4. The number of aliphatic carboxylic acids is 1. The van der Waals surface area contributed by atoms with E-state index in [-0.39, 0.29) is 18.5 Å². The zero-order valence-electron chi connectivity index (χ0n) is 8.06. The molecule has 1 rings (SSSR count). The Morgan fingerprint density at radius 2 is 2.36 bits per heavy atom. The molecule has 0 aliphatic heterocycles. The summed E-state index contributed by atoms with van der Waals surface area (Å²) in [6, 6.07) is 0.176. The SMILES string of the molecule is CC(C)Nc1nc(N)n(CC(=O)O)n1. The van der Waals surface area contributed by atoms with E-state index in [1.807, 2.05) is 13.8 Å². The van der Waals surface area contributed by atoms with Gasteiger partial charge in [0.15, 0.2) is 0 Å². The lowest BCUT2D eigenvalue weighted by atomic mass is 10.4. The van der Waals surface area contributed by atoms with E-state index >= 15 is 0 Å². The van der Waals surface area contributed by atoms with Crippen molar-refractivity contribution in [1.82, 2.24) is 14.8 Å². The second-order valence-corrected chi connectivity index (χ2v) is 3.14. The van der Waals surface area contributed by atoms with Crippen LogP contribution in [0.2, 0.25) is 0 Å². The molecule has 0 aliphatic carbocycles. The van der Waals surface area contributed by atoms with Crippen LogP contribution in [0.5, 0.6) is 0 Å². The Bertz CT molecular complexity index is 333. The molecule has 0 saturated heterocycles. The molecule has 1 heterocycles. The minimum atomic E-state index is -1.00. The first-order valence-electron chi connectivity index (χ1n) is 4.17. The van der Waals surface area contributed by atoms with Crippen molar-refractivity contribution in [3.8, 4) is 0 Å². The molecule has 7 heteroatoms. The van der Waals surface area contributed by atoms with Crippen molar-refractivity contribution in [2.75, 3.05) is 11.1 Å². The molecule has 14 heavy (non-hydrogen) atoms. The van der Waals surface area contributed by atoms with Crippen molar-refractivity contribution < 1.29 is 9.90 Å². The van der Waals surface area contributed by atoms with Crippen molar-refractivity contribution >= 4 is 17.9 Å². The second kappa shape index (κ2) is 3.95. The predicted octanol–water partition coefficient (Wildman–Crippen LogP) is -0.235. The number of carbonyl (C=O) groups is 1. The second-order valence-electron chi connectivity index (χ2n) is 3.14. The van der Waals surface area contributed by atoms with E-state index in [4.69, 9.17) is 10.8 Å². The van der Waals surface area contributed by atoms with Gasteiger partial charge in [-0.15, -0.1) is 5.10 Å². The van der Waals surface area contributed by atoms with Crippen LogP contribution in [0.1, 0.15) is 13.8 Å². The van der Waals surface area contributed by atoms with Crippen LogP contribution < -0.4 is 11.1 Å². The summed E-state index contributed by atoms with van der Waals surface area (Å²) < 4.78 is 1.13. The van der Waals surface area contributed by atoms with Gasteiger partial charge in [0.05, 0.1) is 0 Å². The molecule has 0 atom stereocenters. The van der Waals surface area contributed by atoms with Crippen LogP contribution in [-0.2, 0) is 11.3 Å². The van der Waals surface area contributed by atoms with Gasteiger partial charge >= 0.3 is 5.97 Å². The molecule has 1 aromatic rings. The highest BCUT2D eigenvalue weighted by molar-refractivity contribution is 5.66. The fraction of sp³-hybridized carbons (Fsp3) is 0.571. The van der Waals surface area contributed by atoms with Gasteiger partial charge in [-0.1, -0.05) is 0 Å². The molecule has 0 aromatic carbocycles. The molecule has 0 unspecified atom stereocenters. The maximum Gasteiger partial charge on any atom is 0.325 e. The molecule has 0 saturated carbocycles. The Morgan fingerprint density at radius 1 is 1.71 bits per heavy atom. The van der Waals surface area contributed by atoms with Gasteiger partial charge in [-0.05, 0) is 13.8 Å². The van der Waals surface area contributed by atoms with Gasteiger partial charge in [-0.2, -0.15) is 4.98 Å². The first-order chi connectivity index (χ1) is 6.49. The van der Waals surface area contributed by atoms with E-state index in [1.54, 1.807) is 0 Å². The molecule has 1 aromatic heterocycles. The summed E-state index contributed by atoms with van der Waals surface area (Å²) in [4.78, 5) is 14.2. The highest BCUT2D eigenvalue weighted by atomic mass is 16.4. The van der Waals surface area contributed by atoms with Gasteiger partial charge < -0.3 is 16.2 Å². The first kappa shape index (κ1) is 10.3. The molecular weight excluding hydrogens is 186 g/mol. The van der Waals surface area contributed by atoms with E-state index in [9.17, 15) is 4.79 Å². The number of hydrogen-bond acceptors (Lipinski definition) is 5. The number of anilines is 2. The summed E-state index contributed by atoms with van der Waals surface area (Å²) in [6.45, 7) is 3.57. The number of rotatable bonds is 4. The highest BCUT2D eigenvalue weighted by Gasteiger charge is 2.09. The number of nitrogens with one attached hydrogen (secondary N) is 1. The molecule has 0 spiro atoms. The normalized spacial score (nSPS) is 10.5. The monoisotopic (exact) mass is 199 g/mol. The first-order valence-corrected chi connectivity index (χ1v) is 4.17. The Labute approximate surface area is 80.9 Å². The molecule has 0 aliphatic rings. The zero-order chi connectivity index (χ0) is 10.7. The van der Waals surface area contributed by atoms with E-state index in [1.165, 1.54) is 0 Å². The lowest BCUT2D eigenvalue weighted by molar-refractivity contribution is -0.137. The van der Waals surface area contributed by atoms with Crippen molar-refractivity contribution in [3.63, 3.8) is 0 Å². The van der Waals surface area contributed by atoms with Gasteiger partial charge in [-0.3, -0.25) is 4.79 Å². The summed E-state index contributed by atoms with van der Waals surface area (Å²) in [5.41, 5.74) is 5.45. The minimum Gasteiger partial charge on any atom is -0.480 e. The number of aromatic nitrogens is 3. The fourth-order valence-corrected chi connectivity index (χ4v) is 0.918. The van der Waals surface area contributed by atoms with E-state index in [2.05, 4.69) is 15.4 Å². The predicted molar refractivity (Wildman–Crippen MR) is 50.8 cm³/mol. The van der Waals surface area contributed by atoms with E-state index < -0.39 is 5.97 Å². The van der Waals surface area contributed by atoms with Crippen LogP contribution in [-0.4, -0.2) is 31.9 Å². The number of hydrogen-bond donors (Lipinski definition) is 3. The molecule has 0 radical (unpaired) electrons. The van der Waals surface area contributed by atoms with E-state index in [0.717, 1.165) is 4.68 Å². The number of carboxylic acid groups (broad SMARTS) is 1. The van der Waals surface area contributed by atoms with Gasteiger partial charge in [0.25, 0.3) is 0 Å². The topological polar surface area (TPSA) is 106 Å². The van der Waals surface area contributed by atoms with Crippen LogP contribution in [0.25, 0.3) is 0 Å². The van der Waals surface area contributed by atoms with Crippen molar-refractivity contribution in [1.29, 1.82) is 0 Å². The average molecular weight is 199 g/mol. The summed E-state index contributed by atoms with van der Waals surface area (Å²) >= 11 is 0. The molecule has 0 bridgehead atoms. The molecule has 0 fully saturated rings. The van der Waals surface area contributed by atoms with Crippen molar-refractivity contribution in [3.05, 3.63) is 0 Å². The van der Waals surface area contributed by atoms with Gasteiger partial charge in [-0.25, -0.2) is 4.68 Å². The van der Waals surface area contributed by atoms with E-state index in [0.29, 0.717) is 5.95 Å². The third kappa shape index (κ3) is 2.61. The lowest BCUT2D eigenvalue weighted by Gasteiger charge is -2.03. The number of nitrogens with zero attached hydrogens (tertiary/aromatic N) is 3. The third-order valence-corrected chi connectivity index (χ3v) is 1.40.